The van der Waals surface area contributed by atoms with Gasteiger partial charge in [-0.3, -0.25) is 0 Å². The lowest BCUT2D eigenvalue weighted by atomic mass is 9.68. The van der Waals surface area contributed by atoms with Gasteiger partial charge in [0.1, 0.15) is 34.7 Å². The predicted octanol–water partition coefficient (Wildman–Crippen LogP) is 25.6. The van der Waals surface area contributed by atoms with E-state index < -0.39 is 105 Å². The first-order chi connectivity index (χ1) is 44.8. The number of unbranched alkanes of at least 4 members (excludes halogenated alkanes) is 4. The van der Waals surface area contributed by atoms with Crippen molar-refractivity contribution in [3.05, 3.63) is 124 Å². The van der Waals surface area contributed by atoms with Crippen LogP contribution in [0.25, 0.3) is 0 Å². The molecule has 0 aromatic heterocycles. The summed E-state index contributed by atoms with van der Waals surface area (Å²) in [5.74, 6) is -10.2. The van der Waals surface area contributed by atoms with Crippen LogP contribution in [-0.2, 0) is 6.11 Å². The van der Waals surface area contributed by atoms with E-state index in [0.717, 1.165) is 86.7 Å². The van der Waals surface area contributed by atoms with Crippen molar-refractivity contribution in [3.8, 4) is 17.2 Å². The highest BCUT2D eigenvalue weighted by Gasteiger charge is 2.47. The van der Waals surface area contributed by atoms with Crippen LogP contribution in [0.3, 0.4) is 0 Å². The Bertz CT molecular complexity index is 2890. The number of alkyl halides is 6. The van der Waals surface area contributed by atoms with Crippen LogP contribution in [0.5, 0.6) is 17.2 Å². The fraction of sp³-hybridized carbons (Fsp3) is 0.684. The van der Waals surface area contributed by atoms with Gasteiger partial charge >= 0.3 is 18.3 Å². The van der Waals surface area contributed by atoms with E-state index in [9.17, 15) is 65.9 Å². The van der Waals surface area contributed by atoms with Gasteiger partial charge in [-0.25, -0.2) is 39.5 Å². The standard InChI is InChI=1S/C31H39F5O.C24H33F5O.C21H27F5O/c1-3-4-5-6-21-7-9-22(10-8-21)23-11-13-24(14-12-23)25-15-16-27(30(34)17-25)31(35,36)37-26-18-28(32)20(2)29(33)19-26;1-2-3-4-5-16-6-8-17(9-7-16)18-10-12-19(13-11-18)24(28,29)30-20-14-21(25)23(27)22(26)15-20;1-2-13-3-5-14(6-4-13)15-7-9-16(10-8-15)21(25,26)27-17-11-18(22)20(24)19(23)12-17/h15-19,21-24H,3-14H2,1-2H3;14-19H,2-13H2,1H3;11-16H,2-10H2,1H3. The zero-order valence-corrected chi connectivity index (χ0v) is 55.4. The molecule has 10 rings (SSSR count). The molecule has 6 aliphatic rings. The van der Waals surface area contributed by atoms with Crippen molar-refractivity contribution in [2.45, 2.75) is 264 Å². The molecule has 4 aromatic carbocycles. The van der Waals surface area contributed by atoms with Crippen LogP contribution in [0.4, 0.5) is 65.9 Å². The summed E-state index contributed by atoms with van der Waals surface area (Å²) in [5, 5.41) is 0. The van der Waals surface area contributed by atoms with Crippen LogP contribution in [0, 0.1) is 124 Å². The molecule has 18 heteroatoms. The van der Waals surface area contributed by atoms with Crippen molar-refractivity contribution < 1.29 is 80.1 Å². The van der Waals surface area contributed by atoms with E-state index >= 15 is 0 Å². The summed E-state index contributed by atoms with van der Waals surface area (Å²) in [6.45, 7) is 7.88. The Morgan fingerprint density at radius 2 is 0.670 bits per heavy atom. The summed E-state index contributed by atoms with van der Waals surface area (Å²) in [6, 6.07) is 6.97. The molecule has 94 heavy (non-hydrogen) atoms. The molecule has 0 bridgehead atoms. The second-order valence-corrected chi connectivity index (χ2v) is 28.7. The van der Waals surface area contributed by atoms with Crippen molar-refractivity contribution in [2.24, 2.45) is 65.1 Å². The highest BCUT2D eigenvalue weighted by Crippen LogP contribution is 2.50. The summed E-state index contributed by atoms with van der Waals surface area (Å²) in [7, 11) is 0. The quantitative estimate of drug-likeness (QED) is 0.0446. The van der Waals surface area contributed by atoms with E-state index in [-0.39, 0.29) is 11.5 Å². The molecule has 0 unspecified atom stereocenters. The van der Waals surface area contributed by atoms with Gasteiger partial charge in [-0.05, 0) is 199 Å². The van der Waals surface area contributed by atoms with Crippen molar-refractivity contribution in [3.63, 3.8) is 0 Å². The maximum atomic E-state index is 14.8. The average Bonchev–Trinajstić information content (AvgIpc) is 0.822. The number of ether oxygens (including phenoxy) is 3. The Labute approximate surface area is 547 Å². The molecule has 6 fully saturated rings. The first-order valence-corrected chi connectivity index (χ1v) is 35.5. The molecule has 0 spiro atoms. The van der Waals surface area contributed by atoms with Gasteiger partial charge < -0.3 is 14.2 Å². The third kappa shape index (κ3) is 20.6. The first kappa shape index (κ1) is 75.0. The highest BCUT2D eigenvalue weighted by atomic mass is 19.3. The molecule has 3 nitrogen and oxygen atoms in total. The van der Waals surface area contributed by atoms with E-state index in [1.165, 1.54) is 148 Å². The lowest BCUT2D eigenvalue weighted by Gasteiger charge is -2.39. The maximum absolute atomic E-state index is 14.8. The van der Waals surface area contributed by atoms with Crippen LogP contribution >= 0.6 is 0 Å². The molecule has 526 valence electrons. The monoisotopic (exact) mass is 1340 g/mol. The second-order valence-electron chi connectivity index (χ2n) is 28.7. The fourth-order valence-electron chi connectivity index (χ4n) is 16.7. The van der Waals surface area contributed by atoms with Gasteiger partial charge in [0.2, 0.25) is 0 Å². The second kappa shape index (κ2) is 34.6. The van der Waals surface area contributed by atoms with Gasteiger partial charge in [-0.15, -0.1) is 0 Å². The minimum absolute atomic E-state index is 0.153. The average molecular weight is 1350 g/mol. The van der Waals surface area contributed by atoms with Gasteiger partial charge in [0, 0.05) is 42.0 Å². The number of halogens is 15. The first-order valence-electron chi connectivity index (χ1n) is 35.5. The third-order valence-electron chi connectivity index (χ3n) is 22.7. The summed E-state index contributed by atoms with van der Waals surface area (Å²) < 4.78 is 223. The summed E-state index contributed by atoms with van der Waals surface area (Å²) >= 11 is 0. The van der Waals surface area contributed by atoms with Crippen LogP contribution in [0.1, 0.15) is 255 Å². The minimum atomic E-state index is -4.07. The zero-order valence-electron chi connectivity index (χ0n) is 55.4. The van der Waals surface area contributed by atoms with Crippen molar-refractivity contribution in [2.75, 3.05) is 0 Å². The molecule has 6 saturated carbocycles. The molecule has 0 radical (unpaired) electrons. The lowest BCUT2D eigenvalue weighted by Crippen LogP contribution is -2.38. The highest BCUT2D eigenvalue weighted by molar-refractivity contribution is 5.33. The molecular weight excluding hydrogens is 1250 g/mol. The summed E-state index contributed by atoms with van der Waals surface area (Å²) in [4.78, 5) is 0. The summed E-state index contributed by atoms with van der Waals surface area (Å²) in [6.07, 6.45) is 24.1. The maximum Gasteiger partial charge on any atom is 0.429 e. The van der Waals surface area contributed by atoms with Gasteiger partial charge in [-0.1, -0.05) is 123 Å². The summed E-state index contributed by atoms with van der Waals surface area (Å²) in [5.41, 5.74) is -0.513. The SMILES string of the molecule is CCC1CCC(C2CCC(C(F)(F)Oc3cc(F)c(F)c(F)c3)CC2)CC1.CCCCCC1CCC(C2CCC(C(F)(F)Oc3cc(F)c(F)c(F)c3)CC2)CC1.CCCCCC1CCC(C2CCC(c3ccc(C(F)(F)Oc4cc(F)c(C)c(F)c4)c(F)c3)CC2)CC1. The molecular formula is C76H99F15O3. The predicted molar refractivity (Wildman–Crippen MR) is 336 cm³/mol. The molecule has 0 heterocycles. The number of benzene rings is 4. The molecule has 0 amide bonds. The fourth-order valence-corrected chi connectivity index (χ4v) is 16.7. The van der Waals surface area contributed by atoms with E-state index in [0.29, 0.717) is 91.7 Å². The van der Waals surface area contributed by atoms with Gasteiger partial charge in [0.25, 0.3) is 0 Å². The lowest BCUT2D eigenvalue weighted by molar-refractivity contribution is -0.225. The van der Waals surface area contributed by atoms with Gasteiger partial charge in [0.05, 0.1) is 17.4 Å². The van der Waals surface area contributed by atoms with Gasteiger partial charge in [0.15, 0.2) is 34.9 Å². The van der Waals surface area contributed by atoms with Crippen molar-refractivity contribution >= 4 is 0 Å². The molecule has 0 atom stereocenters. The molecule has 0 N–H and O–H groups in total. The Balaban J connectivity index is 0.000000183. The Hall–Kier alpha value is -4.77. The molecule has 0 aliphatic heterocycles. The van der Waals surface area contributed by atoms with Crippen LogP contribution in [0.2, 0.25) is 0 Å². The van der Waals surface area contributed by atoms with E-state index in [2.05, 4.69) is 35.0 Å². The van der Waals surface area contributed by atoms with E-state index in [4.69, 9.17) is 0 Å². The largest absolute Gasteiger partial charge is 0.432 e. The van der Waals surface area contributed by atoms with Crippen molar-refractivity contribution in [1.82, 2.24) is 0 Å². The molecule has 4 aromatic rings. The van der Waals surface area contributed by atoms with Gasteiger partial charge in [-0.2, -0.15) is 26.3 Å². The van der Waals surface area contributed by atoms with Crippen LogP contribution in [0.15, 0.2) is 54.6 Å². The minimum Gasteiger partial charge on any atom is -0.432 e. The normalized spacial score (nSPS) is 27.1. The topological polar surface area (TPSA) is 27.7 Å². The smallest absolute Gasteiger partial charge is 0.429 e. The van der Waals surface area contributed by atoms with Crippen molar-refractivity contribution in [1.29, 1.82) is 0 Å². The van der Waals surface area contributed by atoms with E-state index in [1.54, 1.807) is 6.07 Å². The molecule has 6 aliphatic carbocycles. The van der Waals surface area contributed by atoms with Crippen LogP contribution < -0.4 is 14.2 Å². The number of hydrogen-bond donors (Lipinski definition) is 0. The third-order valence-corrected chi connectivity index (χ3v) is 22.7. The van der Waals surface area contributed by atoms with Crippen LogP contribution in [-0.4, -0.2) is 12.2 Å². The van der Waals surface area contributed by atoms with E-state index in [1.807, 2.05) is 0 Å². The Morgan fingerprint density at radius 3 is 1.01 bits per heavy atom. The zero-order chi connectivity index (χ0) is 67.9. The number of hydrogen-bond acceptors (Lipinski definition) is 3. The number of rotatable bonds is 22. The molecule has 0 saturated heterocycles. The Morgan fingerprint density at radius 1 is 0.351 bits per heavy atom. The Kier molecular flexibility index (Phi) is 27.6.